The molecule has 0 aliphatic rings. The molecule has 2 aromatic carbocycles. The van der Waals surface area contributed by atoms with Crippen LogP contribution in [0, 0.1) is 18.6 Å². The van der Waals surface area contributed by atoms with Crippen LogP contribution in [-0.2, 0) is 0 Å². The van der Waals surface area contributed by atoms with Crippen LogP contribution in [-0.4, -0.2) is 15.2 Å². The molecular formula is C16H12BrF2N5. The van der Waals surface area contributed by atoms with Crippen molar-refractivity contribution in [3.05, 3.63) is 64.3 Å². The van der Waals surface area contributed by atoms with Crippen molar-refractivity contribution in [1.29, 1.82) is 0 Å². The van der Waals surface area contributed by atoms with Gasteiger partial charge in [-0.25, -0.2) is 8.78 Å². The fraction of sp³-hybridized carbons (Fsp3) is 0.0625. The molecule has 0 bridgehead atoms. The molecule has 0 fully saturated rings. The topological polar surface area (TPSA) is 62.7 Å². The third-order valence-corrected chi connectivity index (χ3v) is 4.06. The van der Waals surface area contributed by atoms with Crippen molar-refractivity contribution in [2.24, 2.45) is 0 Å². The summed E-state index contributed by atoms with van der Waals surface area (Å²) in [5, 5.41) is 13.4. The van der Waals surface area contributed by atoms with E-state index >= 15 is 0 Å². The van der Waals surface area contributed by atoms with Gasteiger partial charge in [0.05, 0.1) is 11.9 Å². The molecule has 0 saturated heterocycles. The first kappa shape index (κ1) is 16.3. The summed E-state index contributed by atoms with van der Waals surface area (Å²) in [5.74, 6) is -0.852. The smallest absolute Gasteiger partial charge is 0.249 e. The number of aromatic nitrogens is 3. The van der Waals surface area contributed by atoms with Crippen LogP contribution in [0.3, 0.4) is 0 Å². The van der Waals surface area contributed by atoms with E-state index in [0.29, 0.717) is 5.82 Å². The predicted octanol–water partition coefficient (Wildman–Crippen LogP) is 4.71. The van der Waals surface area contributed by atoms with Gasteiger partial charge in [0.25, 0.3) is 0 Å². The summed E-state index contributed by atoms with van der Waals surface area (Å²) in [6, 6.07) is 8.93. The second-order valence-corrected chi connectivity index (χ2v) is 5.86. The summed E-state index contributed by atoms with van der Waals surface area (Å²) >= 11 is 3.44. The molecule has 0 unspecified atom stereocenters. The van der Waals surface area contributed by atoms with E-state index < -0.39 is 11.6 Å². The maximum absolute atomic E-state index is 13.7. The SMILES string of the molecule is Cc1cc(Nc2cnnc(Nc3ccc(F)cc3F)n2)ccc1Br. The maximum Gasteiger partial charge on any atom is 0.249 e. The van der Waals surface area contributed by atoms with Crippen molar-refractivity contribution in [2.45, 2.75) is 6.92 Å². The number of aryl methyl sites for hydroxylation is 1. The van der Waals surface area contributed by atoms with Crippen molar-refractivity contribution in [3.63, 3.8) is 0 Å². The van der Waals surface area contributed by atoms with E-state index in [4.69, 9.17) is 0 Å². The minimum absolute atomic E-state index is 0.0647. The predicted molar refractivity (Wildman–Crippen MR) is 91.6 cm³/mol. The van der Waals surface area contributed by atoms with Crippen molar-refractivity contribution in [1.82, 2.24) is 15.2 Å². The van der Waals surface area contributed by atoms with Crippen molar-refractivity contribution in [3.8, 4) is 0 Å². The van der Waals surface area contributed by atoms with Crippen LogP contribution >= 0.6 is 15.9 Å². The van der Waals surface area contributed by atoms with Gasteiger partial charge in [-0.1, -0.05) is 15.9 Å². The third-order valence-electron chi connectivity index (χ3n) is 3.17. The van der Waals surface area contributed by atoms with E-state index in [1.165, 1.54) is 12.3 Å². The van der Waals surface area contributed by atoms with E-state index in [2.05, 4.69) is 41.7 Å². The van der Waals surface area contributed by atoms with E-state index in [0.717, 1.165) is 27.9 Å². The highest BCUT2D eigenvalue weighted by Crippen LogP contribution is 2.23. The first-order valence-corrected chi connectivity index (χ1v) is 7.75. The van der Waals surface area contributed by atoms with E-state index in [-0.39, 0.29) is 11.6 Å². The number of anilines is 4. The van der Waals surface area contributed by atoms with E-state index in [9.17, 15) is 8.78 Å². The van der Waals surface area contributed by atoms with Crippen LogP contribution in [0.15, 0.2) is 47.1 Å². The lowest BCUT2D eigenvalue weighted by molar-refractivity contribution is 0.586. The number of nitrogens with one attached hydrogen (secondary N) is 2. The molecular weight excluding hydrogens is 380 g/mol. The molecule has 24 heavy (non-hydrogen) atoms. The minimum atomic E-state index is -0.736. The lowest BCUT2D eigenvalue weighted by atomic mass is 10.2. The average Bonchev–Trinajstić information content (AvgIpc) is 2.54. The van der Waals surface area contributed by atoms with Gasteiger partial charge in [-0.3, -0.25) is 0 Å². The highest BCUT2D eigenvalue weighted by molar-refractivity contribution is 9.10. The largest absolute Gasteiger partial charge is 0.339 e. The summed E-state index contributed by atoms with van der Waals surface area (Å²) in [4.78, 5) is 4.21. The van der Waals surface area contributed by atoms with Crippen LogP contribution in [0.2, 0.25) is 0 Å². The molecule has 0 atom stereocenters. The molecule has 0 amide bonds. The number of halogens is 3. The van der Waals surface area contributed by atoms with Gasteiger partial charge in [-0.2, -0.15) is 10.1 Å². The molecule has 0 aliphatic heterocycles. The van der Waals surface area contributed by atoms with Gasteiger partial charge in [-0.05, 0) is 42.8 Å². The van der Waals surface area contributed by atoms with Crippen LogP contribution in [0.1, 0.15) is 5.56 Å². The second-order valence-electron chi connectivity index (χ2n) is 5.00. The number of rotatable bonds is 4. The zero-order chi connectivity index (χ0) is 17.1. The Bertz CT molecular complexity index is 888. The Labute approximate surface area is 145 Å². The van der Waals surface area contributed by atoms with Gasteiger partial charge in [0.2, 0.25) is 5.95 Å². The molecule has 0 aliphatic carbocycles. The molecule has 0 radical (unpaired) electrons. The Morgan fingerprint density at radius 2 is 1.88 bits per heavy atom. The summed E-state index contributed by atoms with van der Waals surface area (Å²) in [6.45, 7) is 1.97. The van der Waals surface area contributed by atoms with Crippen LogP contribution in [0.5, 0.6) is 0 Å². The molecule has 5 nitrogen and oxygen atoms in total. The molecule has 0 saturated carbocycles. The molecule has 122 valence electrons. The Balaban J connectivity index is 1.79. The van der Waals surface area contributed by atoms with Crippen LogP contribution in [0.4, 0.5) is 31.9 Å². The van der Waals surface area contributed by atoms with Crippen LogP contribution in [0.25, 0.3) is 0 Å². The Morgan fingerprint density at radius 1 is 1.04 bits per heavy atom. The van der Waals surface area contributed by atoms with Crippen molar-refractivity contribution in [2.75, 3.05) is 10.6 Å². The van der Waals surface area contributed by atoms with E-state index in [1.54, 1.807) is 0 Å². The minimum Gasteiger partial charge on any atom is -0.339 e. The Kier molecular flexibility index (Phi) is 4.66. The molecule has 3 aromatic rings. The van der Waals surface area contributed by atoms with Crippen LogP contribution < -0.4 is 10.6 Å². The van der Waals surface area contributed by atoms with Crippen molar-refractivity contribution >= 4 is 39.1 Å². The molecule has 1 heterocycles. The van der Waals surface area contributed by atoms with Gasteiger partial charge in [0.15, 0.2) is 5.82 Å². The first-order valence-electron chi connectivity index (χ1n) is 6.96. The zero-order valence-electron chi connectivity index (χ0n) is 12.5. The fourth-order valence-electron chi connectivity index (χ4n) is 2.00. The highest BCUT2D eigenvalue weighted by atomic mass is 79.9. The lowest BCUT2D eigenvalue weighted by Gasteiger charge is -2.09. The third kappa shape index (κ3) is 3.83. The van der Waals surface area contributed by atoms with Crippen molar-refractivity contribution < 1.29 is 8.78 Å². The maximum atomic E-state index is 13.7. The second kappa shape index (κ2) is 6.88. The number of hydrogen-bond acceptors (Lipinski definition) is 5. The summed E-state index contributed by atoms with van der Waals surface area (Å²) in [6.07, 6.45) is 1.45. The Hall–Kier alpha value is -2.61. The fourth-order valence-corrected chi connectivity index (χ4v) is 2.25. The van der Waals surface area contributed by atoms with Gasteiger partial charge < -0.3 is 10.6 Å². The molecule has 2 N–H and O–H groups in total. The Morgan fingerprint density at radius 3 is 2.62 bits per heavy atom. The molecule has 3 rings (SSSR count). The quantitative estimate of drug-likeness (QED) is 0.674. The monoisotopic (exact) mass is 391 g/mol. The average molecular weight is 392 g/mol. The highest BCUT2D eigenvalue weighted by Gasteiger charge is 2.07. The number of hydrogen-bond donors (Lipinski definition) is 2. The first-order chi connectivity index (χ1) is 11.5. The summed E-state index contributed by atoms with van der Waals surface area (Å²) in [7, 11) is 0. The standard InChI is InChI=1S/C16H12BrF2N5/c1-9-6-11(3-4-12(9)17)21-15-8-20-24-16(23-15)22-14-5-2-10(18)7-13(14)19/h2-8H,1H3,(H2,21,22,23,24). The van der Waals surface area contributed by atoms with Gasteiger partial charge >= 0.3 is 0 Å². The molecule has 8 heteroatoms. The summed E-state index contributed by atoms with van der Waals surface area (Å²) in [5.41, 5.74) is 1.96. The zero-order valence-corrected chi connectivity index (χ0v) is 14.1. The van der Waals surface area contributed by atoms with Gasteiger partial charge in [0.1, 0.15) is 11.6 Å². The molecule has 0 spiro atoms. The molecule has 1 aromatic heterocycles. The summed E-state index contributed by atoms with van der Waals surface area (Å²) < 4.78 is 27.6. The van der Waals surface area contributed by atoms with E-state index in [1.807, 2.05) is 25.1 Å². The van der Waals surface area contributed by atoms with Gasteiger partial charge in [-0.15, -0.1) is 5.10 Å². The normalized spacial score (nSPS) is 10.5. The number of nitrogens with zero attached hydrogens (tertiary/aromatic N) is 3. The lowest BCUT2D eigenvalue weighted by Crippen LogP contribution is -2.03. The number of benzene rings is 2. The van der Waals surface area contributed by atoms with Gasteiger partial charge in [0, 0.05) is 16.2 Å².